The molecular formula is C12H21NO. The molecule has 0 saturated heterocycles. The van der Waals surface area contributed by atoms with Crippen LogP contribution in [0, 0.1) is 0 Å². The van der Waals surface area contributed by atoms with Crippen molar-refractivity contribution < 1.29 is 4.74 Å². The maximum Gasteiger partial charge on any atom is 0.120 e. The first-order chi connectivity index (χ1) is 6.92. The fourth-order valence-corrected chi connectivity index (χ4v) is 1.79. The van der Waals surface area contributed by atoms with Gasteiger partial charge in [0.2, 0.25) is 0 Å². The van der Waals surface area contributed by atoms with Crippen LogP contribution in [0.1, 0.15) is 33.6 Å². The molecule has 0 atom stereocenters. The highest BCUT2D eigenvalue weighted by molar-refractivity contribution is 5.26. The van der Waals surface area contributed by atoms with E-state index in [1.54, 1.807) is 0 Å². The van der Waals surface area contributed by atoms with Crippen LogP contribution >= 0.6 is 0 Å². The quantitative estimate of drug-likeness (QED) is 0.638. The molecule has 1 aliphatic heterocycles. The molecule has 0 saturated carbocycles. The number of ether oxygens (including phenoxy) is 1. The van der Waals surface area contributed by atoms with E-state index in [0.29, 0.717) is 0 Å². The second-order valence-electron chi connectivity index (χ2n) is 3.18. The summed E-state index contributed by atoms with van der Waals surface area (Å²) in [5, 5.41) is 0. The van der Waals surface area contributed by atoms with Crippen molar-refractivity contribution in [1.29, 1.82) is 0 Å². The van der Waals surface area contributed by atoms with Gasteiger partial charge in [0.25, 0.3) is 0 Å². The van der Waals surface area contributed by atoms with Crippen LogP contribution in [0.2, 0.25) is 0 Å². The van der Waals surface area contributed by atoms with Gasteiger partial charge in [-0.15, -0.1) is 0 Å². The molecule has 1 heterocycles. The molecule has 0 radical (unpaired) electrons. The van der Waals surface area contributed by atoms with Crippen LogP contribution in [-0.2, 0) is 4.74 Å². The molecule has 0 aromatic rings. The predicted octanol–water partition coefficient (Wildman–Crippen LogP) is 2.93. The Bertz CT molecular complexity index is 230. The Kier molecular flexibility index (Phi) is 4.57. The molecule has 0 bridgehead atoms. The molecule has 0 aromatic carbocycles. The summed E-state index contributed by atoms with van der Waals surface area (Å²) in [6.07, 6.45) is 6.65. The summed E-state index contributed by atoms with van der Waals surface area (Å²) in [5.41, 5.74) is 1.31. The molecule has 14 heavy (non-hydrogen) atoms. The highest BCUT2D eigenvalue weighted by Crippen LogP contribution is 2.25. The minimum absolute atomic E-state index is 0.862. The van der Waals surface area contributed by atoms with Crippen molar-refractivity contribution in [2.75, 3.05) is 19.7 Å². The number of hydrogen-bond acceptors (Lipinski definition) is 2. The lowest BCUT2D eigenvalue weighted by Gasteiger charge is -2.32. The molecule has 0 spiro atoms. The van der Waals surface area contributed by atoms with Gasteiger partial charge < -0.3 is 9.64 Å². The van der Waals surface area contributed by atoms with E-state index in [1.165, 1.54) is 11.5 Å². The maximum atomic E-state index is 5.60. The number of nitrogens with zero attached hydrogens (tertiary/aromatic N) is 1. The van der Waals surface area contributed by atoms with Crippen molar-refractivity contribution in [2.45, 2.75) is 33.6 Å². The van der Waals surface area contributed by atoms with Crippen LogP contribution in [0.3, 0.4) is 0 Å². The zero-order valence-electron chi connectivity index (χ0n) is 9.55. The molecule has 2 aliphatic rings. The molecule has 1 aliphatic carbocycles. The molecule has 2 heteroatoms. The normalized spacial score (nSPS) is 19.5. The van der Waals surface area contributed by atoms with Gasteiger partial charge in [0.15, 0.2) is 0 Å². The van der Waals surface area contributed by atoms with E-state index in [0.717, 1.165) is 32.5 Å². The minimum atomic E-state index is 0.862. The van der Waals surface area contributed by atoms with E-state index in [2.05, 4.69) is 24.0 Å². The number of hydrogen-bond donors (Lipinski definition) is 0. The predicted molar refractivity (Wildman–Crippen MR) is 59.9 cm³/mol. The Labute approximate surface area is 87.2 Å². The van der Waals surface area contributed by atoms with Crippen LogP contribution in [-0.4, -0.2) is 24.6 Å². The molecule has 0 unspecified atom stereocenters. The Balaban J connectivity index is 0.000000461. The lowest BCUT2D eigenvalue weighted by Crippen LogP contribution is -2.32. The Morgan fingerprint density at radius 1 is 1.43 bits per heavy atom. The van der Waals surface area contributed by atoms with Crippen molar-refractivity contribution >= 4 is 0 Å². The summed E-state index contributed by atoms with van der Waals surface area (Å²) in [6.45, 7) is 9.19. The second-order valence-corrected chi connectivity index (χ2v) is 3.18. The number of allylic oxidation sites excluding steroid dienone is 3. The van der Waals surface area contributed by atoms with Gasteiger partial charge in [0.05, 0.1) is 12.2 Å². The lowest BCUT2D eigenvalue weighted by atomic mass is 10.1. The van der Waals surface area contributed by atoms with Gasteiger partial charge in [-0.1, -0.05) is 19.9 Å². The van der Waals surface area contributed by atoms with E-state index in [-0.39, 0.29) is 0 Å². The van der Waals surface area contributed by atoms with Gasteiger partial charge in [0, 0.05) is 13.0 Å². The molecule has 0 N–H and O–H groups in total. The monoisotopic (exact) mass is 195 g/mol. The topological polar surface area (TPSA) is 12.5 Å². The second kappa shape index (κ2) is 5.74. The third-order valence-electron chi connectivity index (χ3n) is 2.46. The van der Waals surface area contributed by atoms with Gasteiger partial charge in [-0.05, 0) is 19.4 Å². The Hall–Kier alpha value is -0.920. The highest BCUT2D eigenvalue weighted by atomic mass is 16.5. The van der Waals surface area contributed by atoms with Crippen molar-refractivity contribution in [3.63, 3.8) is 0 Å². The van der Waals surface area contributed by atoms with E-state index in [1.807, 2.05) is 13.8 Å². The van der Waals surface area contributed by atoms with Crippen molar-refractivity contribution in [3.8, 4) is 0 Å². The third kappa shape index (κ3) is 2.31. The molecule has 0 fully saturated rings. The first-order valence-corrected chi connectivity index (χ1v) is 5.69. The average molecular weight is 195 g/mol. The zero-order valence-corrected chi connectivity index (χ0v) is 9.55. The van der Waals surface area contributed by atoms with Crippen LogP contribution in [0.5, 0.6) is 0 Å². The van der Waals surface area contributed by atoms with Gasteiger partial charge in [-0.3, -0.25) is 0 Å². The van der Waals surface area contributed by atoms with Crippen LogP contribution in [0.4, 0.5) is 0 Å². The molecule has 2 nitrogen and oxygen atoms in total. The van der Waals surface area contributed by atoms with Gasteiger partial charge in [-0.2, -0.15) is 0 Å². The van der Waals surface area contributed by atoms with Gasteiger partial charge >= 0.3 is 0 Å². The Morgan fingerprint density at radius 2 is 2.21 bits per heavy atom. The van der Waals surface area contributed by atoms with Crippen LogP contribution in [0.15, 0.2) is 23.6 Å². The van der Waals surface area contributed by atoms with Gasteiger partial charge in [-0.25, -0.2) is 0 Å². The van der Waals surface area contributed by atoms with Crippen molar-refractivity contribution in [3.05, 3.63) is 23.6 Å². The third-order valence-corrected chi connectivity index (χ3v) is 2.46. The molecule has 80 valence electrons. The van der Waals surface area contributed by atoms with Gasteiger partial charge in [0.1, 0.15) is 12.4 Å². The van der Waals surface area contributed by atoms with E-state index in [4.69, 9.17) is 4.74 Å². The van der Waals surface area contributed by atoms with Crippen molar-refractivity contribution in [2.24, 2.45) is 0 Å². The number of likely N-dealkylation sites (N-methyl/N-ethyl adjacent to an activating group) is 1. The molecule has 0 amide bonds. The summed E-state index contributed by atoms with van der Waals surface area (Å²) in [4.78, 5) is 2.38. The Morgan fingerprint density at radius 3 is 2.93 bits per heavy atom. The number of rotatable bonds is 1. The average Bonchev–Trinajstić information content (AvgIpc) is 2.31. The van der Waals surface area contributed by atoms with Crippen LogP contribution in [0.25, 0.3) is 0 Å². The first-order valence-electron chi connectivity index (χ1n) is 5.69. The van der Waals surface area contributed by atoms with E-state index in [9.17, 15) is 0 Å². The van der Waals surface area contributed by atoms with E-state index < -0.39 is 0 Å². The smallest absolute Gasteiger partial charge is 0.120 e. The minimum Gasteiger partial charge on any atom is -0.494 e. The summed E-state index contributed by atoms with van der Waals surface area (Å²) < 4.78 is 5.60. The SMILES string of the molecule is CC.CCN1CCOC2=C1C=CCC2. The lowest BCUT2D eigenvalue weighted by molar-refractivity contribution is 0.127. The summed E-state index contributed by atoms with van der Waals surface area (Å²) in [5.74, 6) is 1.20. The molecule has 2 rings (SSSR count). The summed E-state index contributed by atoms with van der Waals surface area (Å²) in [7, 11) is 0. The highest BCUT2D eigenvalue weighted by Gasteiger charge is 2.19. The van der Waals surface area contributed by atoms with Crippen LogP contribution < -0.4 is 0 Å². The fraction of sp³-hybridized carbons (Fsp3) is 0.667. The molecule has 0 aromatic heterocycles. The zero-order chi connectivity index (χ0) is 10.4. The van der Waals surface area contributed by atoms with Crippen molar-refractivity contribution in [1.82, 2.24) is 4.90 Å². The first kappa shape index (κ1) is 11.2. The summed E-state index contributed by atoms with van der Waals surface area (Å²) >= 11 is 0. The fourth-order valence-electron chi connectivity index (χ4n) is 1.79. The maximum absolute atomic E-state index is 5.60. The summed E-state index contributed by atoms with van der Waals surface area (Å²) in [6, 6.07) is 0. The van der Waals surface area contributed by atoms with E-state index >= 15 is 0 Å². The standard InChI is InChI=1S/C10H15NO.C2H6/c1-2-11-7-8-12-10-6-4-3-5-9(10)11;1-2/h3,5H,2,4,6-8H2,1H3;1-2H3. The largest absolute Gasteiger partial charge is 0.494 e. The molecular weight excluding hydrogens is 174 g/mol.